The van der Waals surface area contributed by atoms with Gasteiger partial charge in [0.05, 0.1) is 5.56 Å². The lowest BCUT2D eigenvalue weighted by Gasteiger charge is -2.31. The van der Waals surface area contributed by atoms with Crippen molar-refractivity contribution >= 4 is 11.9 Å². The number of aromatic carboxylic acids is 1. The second-order valence-corrected chi connectivity index (χ2v) is 11.6. The van der Waals surface area contributed by atoms with E-state index < -0.39 is 11.9 Å². The summed E-state index contributed by atoms with van der Waals surface area (Å²) in [6, 6.07) is 34.7. The summed E-state index contributed by atoms with van der Waals surface area (Å²) in [4.78, 5) is 22.8. The molecule has 7 nitrogen and oxygen atoms in total. The Balaban J connectivity index is 0.000000215. The third-order valence-electron chi connectivity index (χ3n) is 7.88. The molecule has 0 aromatic heterocycles. The molecule has 45 heavy (non-hydrogen) atoms. The van der Waals surface area contributed by atoms with Crippen LogP contribution in [0.5, 0.6) is 23.0 Å². The molecule has 0 saturated heterocycles. The summed E-state index contributed by atoms with van der Waals surface area (Å²) in [7, 11) is 0. The third kappa shape index (κ3) is 7.33. The zero-order valence-electron chi connectivity index (χ0n) is 25.6. The molecule has 5 aromatic carbocycles. The van der Waals surface area contributed by atoms with E-state index in [0.717, 1.165) is 22.3 Å². The van der Waals surface area contributed by atoms with Gasteiger partial charge in [-0.1, -0.05) is 100 Å². The summed E-state index contributed by atoms with van der Waals surface area (Å²) in [5.74, 6) is -1.23. The molecule has 0 aliphatic rings. The highest BCUT2D eigenvalue weighted by Gasteiger charge is 2.30. The van der Waals surface area contributed by atoms with Gasteiger partial charge < -0.3 is 25.2 Å². The summed E-state index contributed by atoms with van der Waals surface area (Å²) in [5.41, 5.74) is 3.51. The largest absolute Gasteiger partial charge is 0.508 e. The maximum Gasteiger partial charge on any atom is 0.343 e. The summed E-state index contributed by atoms with van der Waals surface area (Å²) in [6.07, 6.45) is 0. The molecule has 0 radical (unpaired) electrons. The van der Waals surface area contributed by atoms with Crippen LogP contribution in [0.3, 0.4) is 0 Å². The van der Waals surface area contributed by atoms with Crippen molar-refractivity contribution in [3.8, 4) is 23.0 Å². The number of hydrogen-bond acceptors (Lipinski definition) is 6. The Hall–Kier alpha value is -5.56. The van der Waals surface area contributed by atoms with Crippen LogP contribution in [0.2, 0.25) is 0 Å². The Bertz CT molecular complexity index is 1730. The smallest absolute Gasteiger partial charge is 0.343 e. The van der Waals surface area contributed by atoms with Crippen LogP contribution in [0.1, 0.15) is 70.7 Å². The minimum Gasteiger partial charge on any atom is -0.508 e. The Morgan fingerprint density at radius 1 is 0.578 bits per heavy atom. The SMILES string of the molecule is CC(C)(c1cccc(C(C)(C)c2ccccc2O)c1)c1ccccc1O.O=C(Oc1ccccc1C(=O)O)c1ccc(O)cc1. The van der Waals surface area contributed by atoms with Gasteiger partial charge in [-0.25, -0.2) is 9.59 Å². The van der Waals surface area contributed by atoms with Crippen molar-refractivity contribution in [2.75, 3.05) is 0 Å². The summed E-state index contributed by atoms with van der Waals surface area (Å²) >= 11 is 0. The van der Waals surface area contributed by atoms with Gasteiger partial charge in [-0.2, -0.15) is 0 Å². The van der Waals surface area contributed by atoms with Crippen molar-refractivity contribution in [2.45, 2.75) is 38.5 Å². The monoisotopic (exact) mass is 604 g/mol. The van der Waals surface area contributed by atoms with Gasteiger partial charge in [-0.15, -0.1) is 0 Å². The van der Waals surface area contributed by atoms with Crippen molar-refractivity contribution in [3.05, 3.63) is 155 Å². The number of carbonyl (C=O) groups excluding carboxylic acids is 1. The summed E-state index contributed by atoms with van der Waals surface area (Å²) in [5, 5.41) is 38.7. The topological polar surface area (TPSA) is 124 Å². The predicted octanol–water partition coefficient (Wildman–Crippen LogP) is 8.06. The quantitative estimate of drug-likeness (QED) is 0.109. The zero-order valence-corrected chi connectivity index (χ0v) is 25.6. The van der Waals surface area contributed by atoms with Gasteiger partial charge in [0.1, 0.15) is 28.6 Å². The van der Waals surface area contributed by atoms with Crippen molar-refractivity contribution < 1.29 is 34.8 Å². The fourth-order valence-corrected chi connectivity index (χ4v) is 5.10. The first-order valence-corrected chi connectivity index (χ1v) is 14.3. The number of para-hydroxylation sites is 3. The molecule has 0 bridgehead atoms. The molecule has 0 unspecified atom stereocenters. The number of phenolic OH excluding ortho intramolecular Hbond substituents is 3. The predicted molar refractivity (Wildman–Crippen MR) is 173 cm³/mol. The van der Waals surface area contributed by atoms with Gasteiger partial charge in [-0.05, 0) is 59.7 Å². The Morgan fingerprint density at radius 3 is 1.53 bits per heavy atom. The molecule has 230 valence electrons. The van der Waals surface area contributed by atoms with Crippen LogP contribution in [0, 0.1) is 0 Å². The second-order valence-electron chi connectivity index (χ2n) is 11.6. The minimum atomic E-state index is -1.17. The zero-order chi connectivity index (χ0) is 32.8. The molecule has 0 saturated carbocycles. The van der Waals surface area contributed by atoms with E-state index in [0.29, 0.717) is 11.5 Å². The van der Waals surface area contributed by atoms with Crippen molar-refractivity contribution in [1.29, 1.82) is 0 Å². The molecule has 0 spiro atoms. The first-order chi connectivity index (χ1) is 21.3. The lowest BCUT2D eigenvalue weighted by molar-refractivity contribution is 0.0681. The van der Waals surface area contributed by atoms with E-state index in [2.05, 4.69) is 45.9 Å². The average molecular weight is 605 g/mol. The lowest BCUT2D eigenvalue weighted by Crippen LogP contribution is -2.23. The van der Waals surface area contributed by atoms with Crippen LogP contribution >= 0.6 is 0 Å². The number of esters is 1. The third-order valence-corrected chi connectivity index (χ3v) is 7.88. The molecular formula is C38H36O7. The normalized spacial score (nSPS) is 11.2. The molecule has 0 amide bonds. The fraction of sp³-hybridized carbons (Fsp3) is 0.158. The van der Waals surface area contributed by atoms with Gasteiger partial charge in [-0.3, -0.25) is 0 Å². The first-order valence-electron chi connectivity index (χ1n) is 14.3. The number of rotatable bonds is 7. The van der Waals surface area contributed by atoms with E-state index in [9.17, 15) is 19.8 Å². The van der Waals surface area contributed by atoms with Crippen LogP contribution in [0.15, 0.2) is 121 Å². The van der Waals surface area contributed by atoms with Crippen LogP contribution in [0.25, 0.3) is 0 Å². The molecule has 5 rings (SSSR count). The van der Waals surface area contributed by atoms with Crippen LogP contribution in [-0.4, -0.2) is 32.4 Å². The number of ether oxygens (including phenoxy) is 1. The van der Waals surface area contributed by atoms with E-state index in [1.165, 1.54) is 36.4 Å². The molecule has 7 heteroatoms. The Labute approximate surface area is 262 Å². The lowest BCUT2D eigenvalue weighted by atomic mass is 9.73. The van der Waals surface area contributed by atoms with E-state index in [1.54, 1.807) is 24.3 Å². The maximum atomic E-state index is 11.8. The maximum absolute atomic E-state index is 11.8. The highest BCUT2D eigenvalue weighted by atomic mass is 16.5. The van der Waals surface area contributed by atoms with Crippen LogP contribution in [-0.2, 0) is 10.8 Å². The average Bonchev–Trinajstić information content (AvgIpc) is 3.02. The number of hydrogen-bond donors (Lipinski definition) is 4. The molecule has 4 N–H and O–H groups in total. The van der Waals surface area contributed by atoms with E-state index in [-0.39, 0.29) is 33.5 Å². The second kappa shape index (κ2) is 13.4. The number of carboxylic acid groups (broad SMARTS) is 1. The number of carbonyl (C=O) groups is 2. The highest BCUT2D eigenvalue weighted by Crippen LogP contribution is 2.41. The van der Waals surface area contributed by atoms with Crippen LogP contribution in [0.4, 0.5) is 0 Å². The standard InChI is InChI=1S/C24H26O2.C14H10O5/c1-23(2,19-12-5-7-14-21(19)25)17-10-9-11-18(16-17)24(3,4)20-13-6-8-15-22(20)26;15-10-7-5-9(6-8-10)14(18)19-12-4-2-1-3-11(12)13(16)17/h5-16,25-26H,1-4H3;1-8,15H,(H,16,17). The molecule has 0 atom stereocenters. The van der Waals surface area contributed by atoms with Gasteiger partial charge in [0.25, 0.3) is 0 Å². The molecule has 5 aromatic rings. The van der Waals surface area contributed by atoms with Crippen molar-refractivity contribution in [1.82, 2.24) is 0 Å². The van der Waals surface area contributed by atoms with Gasteiger partial charge in [0, 0.05) is 22.0 Å². The van der Waals surface area contributed by atoms with Gasteiger partial charge in [0.15, 0.2) is 0 Å². The number of aromatic hydroxyl groups is 3. The number of benzene rings is 5. The highest BCUT2D eigenvalue weighted by molar-refractivity contribution is 5.95. The van der Waals surface area contributed by atoms with Crippen molar-refractivity contribution in [3.63, 3.8) is 0 Å². The number of carboxylic acids is 1. The molecular weight excluding hydrogens is 568 g/mol. The van der Waals surface area contributed by atoms with E-state index >= 15 is 0 Å². The summed E-state index contributed by atoms with van der Waals surface area (Å²) < 4.78 is 5.03. The Kier molecular flexibility index (Phi) is 9.63. The van der Waals surface area contributed by atoms with Crippen LogP contribution < -0.4 is 4.74 Å². The first kappa shape index (κ1) is 32.4. The molecule has 0 aliphatic heterocycles. The molecule has 0 heterocycles. The minimum absolute atomic E-state index is 0.0203. The fourth-order valence-electron chi connectivity index (χ4n) is 5.10. The van der Waals surface area contributed by atoms with E-state index in [4.69, 9.17) is 14.9 Å². The number of phenols is 3. The molecule has 0 aliphatic carbocycles. The Morgan fingerprint density at radius 2 is 1.04 bits per heavy atom. The molecule has 0 fully saturated rings. The van der Waals surface area contributed by atoms with E-state index in [1.807, 2.05) is 42.5 Å². The van der Waals surface area contributed by atoms with Crippen molar-refractivity contribution in [2.24, 2.45) is 0 Å². The van der Waals surface area contributed by atoms with Gasteiger partial charge >= 0.3 is 11.9 Å². The van der Waals surface area contributed by atoms with Gasteiger partial charge in [0.2, 0.25) is 0 Å². The summed E-state index contributed by atoms with van der Waals surface area (Å²) in [6.45, 7) is 8.48.